The van der Waals surface area contributed by atoms with Crippen LogP contribution in [0.2, 0.25) is 0 Å². The van der Waals surface area contributed by atoms with Gasteiger partial charge in [0.1, 0.15) is 36.6 Å². The molecule has 0 fully saturated rings. The number of methoxy groups -OCH3 is 1. The molecule has 2 aromatic carbocycles. The van der Waals surface area contributed by atoms with Crippen LogP contribution in [-0.2, 0) is 48.4 Å². The molecule has 2 atom stereocenters. The third-order valence-electron chi connectivity index (χ3n) is 12.7. The highest BCUT2D eigenvalue weighted by molar-refractivity contribution is 6.12. The molecule has 4 aromatic heterocycles. The Kier molecular flexibility index (Phi) is 18.6. The zero-order chi connectivity index (χ0) is 54.3. The molecule has 5 heterocycles. The minimum absolute atomic E-state index is 0.0263. The fraction of sp³-hybridized carbons (Fsp3) is 0.352. The molecular formula is C54H63N13O9. The Hall–Kier alpha value is -8.95. The van der Waals surface area contributed by atoms with Crippen molar-refractivity contribution in [3.8, 4) is 28.4 Å². The molecule has 8 amide bonds. The number of carbonyl (C=O) groups is 7. The maximum atomic E-state index is 14.2. The Bertz CT molecular complexity index is 3080. The van der Waals surface area contributed by atoms with Gasteiger partial charge in [-0.3, -0.25) is 38.8 Å². The summed E-state index contributed by atoms with van der Waals surface area (Å²) in [5, 5.41) is 15.2. The lowest BCUT2D eigenvalue weighted by atomic mass is 10.0. The number of pyridine rings is 2. The van der Waals surface area contributed by atoms with Crippen LogP contribution in [0, 0.1) is 19.8 Å². The molecule has 0 bridgehead atoms. The lowest BCUT2D eigenvalue weighted by molar-refractivity contribution is -0.137. The first-order chi connectivity index (χ1) is 36.6. The van der Waals surface area contributed by atoms with Gasteiger partial charge < -0.3 is 41.5 Å². The fourth-order valence-electron chi connectivity index (χ4n) is 8.52. The van der Waals surface area contributed by atoms with Crippen molar-refractivity contribution in [2.75, 3.05) is 25.5 Å². The summed E-state index contributed by atoms with van der Waals surface area (Å²) in [5.74, 6) is -1.40. The molecule has 22 heteroatoms. The van der Waals surface area contributed by atoms with Gasteiger partial charge in [-0.05, 0) is 105 Å². The van der Waals surface area contributed by atoms with E-state index in [2.05, 4.69) is 36.3 Å². The van der Waals surface area contributed by atoms with Crippen molar-refractivity contribution in [2.24, 2.45) is 11.7 Å². The number of primary amides is 1. The first-order valence-corrected chi connectivity index (χ1v) is 25.0. The van der Waals surface area contributed by atoms with Gasteiger partial charge >= 0.3 is 12.1 Å². The van der Waals surface area contributed by atoms with E-state index >= 15 is 0 Å². The number of aromatic amines is 1. The number of imide groups is 1. The van der Waals surface area contributed by atoms with Crippen LogP contribution in [0.5, 0.6) is 5.75 Å². The highest BCUT2D eigenvalue weighted by Crippen LogP contribution is 2.31. The number of fused-ring (bicyclic) bond motifs is 1. The van der Waals surface area contributed by atoms with Gasteiger partial charge in [-0.2, -0.15) is 5.10 Å². The maximum Gasteiger partial charge on any atom is 0.410 e. The Labute approximate surface area is 439 Å². The number of nitrogens with zero attached hydrogens (tertiary/aromatic N) is 7. The number of nitrogens with one attached hydrogen (secondary N) is 5. The average Bonchev–Trinajstić information content (AvgIpc) is 4.14. The van der Waals surface area contributed by atoms with Gasteiger partial charge in [-0.1, -0.05) is 50.6 Å². The molecule has 0 aliphatic carbocycles. The molecule has 1 aliphatic rings. The molecule has 7 rings (SSSR count). The van der Waals surface area contributed by atoms with Crippen molar-refractivity contribution in [3.05, 3.63) is 126 Å². The van der Waals surface area contributed by atoms with E-state index in [0.29, 0.717) is 64.8 Å². The van der Waals surface area contributed by atoms with E-state index in [-0.39, 0.29) is 75.7 Å². The molecule has 0 saturated carbocycles. The zero-order valence-corrected chi connectivity index (χ0v) is 43.1. The number of aryl methyl sites for hydroxylation is 1. The van der Waals surface area contributed by atoms with Crippen LogP contribution >= 0.6 is 0 Å². The number of H-pyrrole nitrogens is 1. The number of ether oxygens (including phenoxy) is 2. The highest BCUT2D eigenvalue weighted by Gasteiger charge is 2.30. The smallest absolute Gasteiger partial charge is 0.410 e. The van der Waals surface area contributed by atoms with Gasteiger partial charge in [0.25, 0.3) is 11.8 Å². The lowest BCUT2D eigenvalue weighted by Gasteiger charge is -2.25. The molecule has 7 N–H and O–H groups in total. The number of aromatic nitrogens is 6. The second-order valence-corrected chi connectivity index (χ2v) is 18.6. The number of rotatable bonds is 25. The van der Waals surface area contributed by atoms with E-state index in [4.69, 9.17) is 25.2 Å². The molecule has 0 saturated heterocycles. The number of anilines is 1. The summed E-state index contributed by atoms with van der Waals surface area (Å²) in [6.45, 7) is 7.82. The maximum absolute atomic E-state index is 14.2. The quantitative estimate of drug-likeness (QED) is 0.0299. The van der Waals surface area contributed by atoms with Gasteiger partial charge in [-0.25, -0.2) is 24.1 Å². The van der Waals surface area contributed by atoms with Gasteiger partial charge in [0.15, 0.2) is 5.65 Å². The van der Waals surface area contributed by atoms with Gasteiger partial charge in [0.05, 0.1) is 30.7 Å². The summed E-state index contributed by atoms with van der Waals surface area (Å²) in [4.78, 5) is 110. The molecular weight excluding hydrogens is 975 g/mol. The van der Waals surface area contributed by atoms with E-state index in [1.807, 2.05) is 68.6 Å². The predicted molar refractivity (Wildman–Crippen MR) is 281 cm³/mol. The summed E-state index contributed by atoms with van der Waals surface area (Å²) in [5.41, 5.74) is 12.1. The number of urea groups is 1. The minimum atomic E-state index is -1.07. The first kappa shape index (κ1) is 54.8. The molecule has 0 spiro atoms. The number of benzene rings is 2. The monoisotopic (exact) mass is 1040 g/mol. The van der Waals surface area contributed by atoms with Crippen molar-refractivity contribution in [1.82, 2.24) is 55.3 Å². The number of imidazole rings is 1. The van der Waals surface area contributed by atoms with Crippen LogP contribution in [0.3, 0.4) is 0 Å². The molecule has 1 aliphatic heterocycles. The van der Waals surface area contributed by atoms with Crippen LogP contribution in [0.25, 0.3) is 28.3 Å². The summed E-state index contributed by atoms with van der Waals surface area (Å²) in [6.07, 6.45) is 7.22. The number of nitrogens with two attached hydrogens (primary N) is 1. The van der Waals surface area contributed by atoms with E-state index in [9.17, 15) is 33.6 Å². The van der Waals surface area contributed by atoms with E-state index in [1.54, 1.807) is 54.6 Å². The molecule has 0 radical (unpaired) electrons. The van der Waals surface area contributed by atoms with E-state index in [0.717, 1.165) is 27.3 Å². The molecule has 1 unspecified atom stereocenters. The zero-order valence-electron chi connectivity index (χ0n) is 43.1. The second kappa shape index (κ2) is 25.8. The third-order valence-corrected chi connectivity index (χ3v) is 12.7. The summed E-state index contributed by atoms with van der Waals surface area (Å²) < 4.78 is 13.2. The van der Waals surface area contributed by atoms with Crippen LogP contribution in [0.1, 0.15) is 80.6 Å². The van der Waals surface area contributed by atoms with Crippen molar-refractivity contribution >= 4 is 53.0 Å². The number of amides is 8. The van der Waals surface area contributed by atoms with Gasteiger partial charge in [0, 0.05) is 61.3 Å². The Morgan fingerprint density at radius 3 is 2.33 bits per heavy atom. The fourth-order valence-corrected chi connectivity index (χ4v) is 8.52. The average molecular weight is 1040 g/mol. The Morgan fingerprint density at radius 1 is 0.842 bits per heavy atom. The van der Waals surface area contributed by atoms with Crippen LogP contribution < -0.4 is 31.7 Å². The van der Waals surface area contributed by atoms with E-state index < -0.39 is 36.0 Å². The van der Waals surface area contributed by atoms with E-state index in [1.165, 1.54) is 18.5 Å². The number of hydrogen-bond donors (Lipinski definition) is 6. The molecule has 398 valence electrons. The lowest BCUT2D eigenvalue weighted by Crippen LogP contribution is -2.54. The van der Waals surface area contributed by atoms with Gasteiger partial charge in [0.2, 0.25) is 17.7 Å². The molecule has 22 nitrogen and oxygen atoms in total. The third kappa shape index (κ3) is 14.6. The van der Waals surface area contributed by atoms with Gasteiger partial charge in [-0.15, -0.1) is 0 Å². The SMILES string of the molecule is COc1cccc(CN(Cc2nc(-c3ccc4ncnn4c3)c(-c3cccc(C)n3)[nH]2)C(=O)OCc2ccc(NC(=O)[C@H](CCCNC(N)=O)NC(=O)C(NC(=O)CCCCCN3C(=O)C=CC3=O)C(C)C)cc2)c1C. The topological polar surface area (TPSA) is 290 Å². The van der Waals surface area contributed by atoms with Crippen LogP contribution in [-0.4, -0.2) is 113 Å². The van der Waals surface area contributed by atoms with Crippen molar-refractivity contribution < 1.29 is 43.0 Å². The van der Waals surface area contributed by atoms with Crippen LogP contribution in [0.15, 0.2) is 97.5 Å². The Morgan fingerprint density at radius 2 is 1.61 bits per heavy atom. The first-order valence-electron chi connectivity index (χ1n) is 25.0. The number of carbonyl (C=O) groups excluding carboxylic acids is 7. The van der Waals surface area contributed by atoms with Crippen molar-refractivity contribution in [1.29, 1.82) is 0 Å². The normalized spacial score (nSPS) is 12.9. The van der Waals surface area contributed by atoms with Crippen molar-refractivity contribution in [3.63, 3.8) is 0 Å². The largest absolute Gasteiger partial charge is 0.496 e. The highest BCUT2D eigenvalue weighted by atomic mass is 16.6. The molecule has 76 heavy (non-hydrogen) atoms. The number of unbranched alkanes of at least 4 members (excludes halogenated alkanes) is 2. The minimum Gasteiger partial charge on any atom is -0.496 e. The Balaban J connectivity index is 1.01. The van der Waals surface area contributed by atoms with Crippen LogP contribution in [0.4, 0.5) is 15.3 Å². The summed E-state index contributed by atoms with van der Waals surface area (Å²) >= 11 is 0. The number of hydrogen-bond acceptors (Lipinski definition) is 13. The molecule has 6 aromatic rings. The second-order valence-electron chi connectivity index (χ2n) is 18.6. The van der Waals surface area contributed by atoms with Crippen molar-refractivity contribution in [2.45, 2.75) is 98.0 Å². The summed E-state index contributed by atoms with van der Waals surface area (Å²) in [7, 11) is 1.59. The standard InChI is InChI=1S/C54H63N13O9/c1-33(2)48(64-45(68)17-7-6-8-27-66-46(69)24-25-47(66)70)52(72)61-41(15-11-26-56-53(55)73)51(71)60-39-21-18-36(19-22-39)31-76-54(74)65(28-37-13-10-16-42(75-5)35(37)4)30-43-62-49(38-20-23-44-57-32-58-67(44)29-38)50(63-43)40-14-9-12-34(3)59-40/h9-10,12-14,16,18-25,29,32-33,41,48H,6-8,11,15,17,26-28,30-31H2,1-5H3,(H,60,71)(H,61,72)(H,62,63)(H,64,68)(H3,55,56,73)/t41-,48?/m0/s1. The summed E-state index contributed by atoms with van der Waals surface area (Å²) in [6, 6.07) is 19.0. The predicted octanol–water partition coefficient (Wildman–Crippen LogP) is 5.64.